The fraction of sp³-hybridized carbons (Fsp3) is 0.438. The zero-order valence-electron chi connectivity index (χ0n) is 12.4. The summed E-state index contributed by atoms with van der Waals surface area (Å²) in [6.07, 6.45) is 3.32. The van der Waals surface area contributed by atoms with E-state index >= 15 is 0 Å². The molecule has 3 N–H and O–H groups in total. The van der Waals surface area contributed by atoms with Crippen LogP contribution in [-0.4, -0.2) is 49.7 Å². The summed E-state index contributed by atoms with van der Waals surface area (Å²) in [7, 11) is 0. The van der Waals surface area contributed by atoms with Gasteiger partial charge in [-0.15, -0.1) is 0 Å². The number of amides is 1. The molecule has 1 saturated heterocycles. The van der Waals surface area contributed by atoms with Crippen molar-refractivity contribution in [2.45, 2.75) is 13.0 Å². The number of nitrogens with one attached hydrogen (secondary N) is 1. The lowest BCUT2D eigenvalue weighted by atomic mass is 10.2. The number of benzene rings is 1. The van der Waals surface area contributed by atoms with Crippen LogP contribution in [0.15, 0.2) is 30.3 Å². The molecule has 1 atom stereocenters. The number of ether oxygens (including phenoxy) is 1. The average molecular weight is 289 g/mol. The molecule has 1 aromatic carbocycles. The molecule has 1 aliphatic heterocycles. The monoisotopic (exact) mass is 289 g/mol. The summed E-state index contributed by atoms with van der Waals surface area (Å²) in [5.41, 5.74) is 7.31. The van der Waals surface area contributed by atoms with E-state index in [9.17, 15) is 4.79 Å². The average Bonchev–Trinajstić information content (AvgIpc) is 2.46. The van der Waals surface area contributed by atoms with Crippen molar-refractivity contribution in [1.29, 1.82) is 0 Å². The fourth-order valence-electron chi connectivity index (χ4n) is 2.34. The lowest BCUT2D eigenvalue weighted by Gasteiger charge is -2.29. The molecule has 1 heterocycles. The highest BCUT2D eigenvalue weighted by atomic mass is 16.5. The Balaban J connectivity index is 1.77. The van der Waals surface area contributed by atoms with E-state index in [-0.39, 0.29) is 11.9 Å². The van der Waals surface area contributed by atoms with Gasteiger partial charge in [0.15, 0.2) is 0 Å². The molecule has 21 heavy (non-hydrogen) atoms. The van der Waals surface area contributed by atoms with Gasteiger partial charge in [0.05, 0.1) is 13.2 Å². The van der Waals surface area contributed by atoms with Crippen LogP contribution < -0.4 is 11.1 Å². The predicted molar refractivity (Wildman–Crippen MR) is 84.8 cm³/mol. The molecule has 2 rings (SSSR count). The Hall–Kier alpha value is -1.85. The predicted octanol–water partition coefficient (Wildman–Crippen LogP) is 1.12. The summed E-state index contributed by atoms with van der Waals surface area (Å²) in [6.45, 7) is 6.27. The van der Waals surface area contributed by atoms with Crippen molar-refractivity contribution < 1.29 is 9.53 Å². The van der Waals surface area contributed by atoms with Gasteiger partial charge in [0, 0.05) is 37.4 Å². The van der Waals surface area contributed by atoms with E-state index < -0.39 is 0 Å². The summed E-state index contributed by atoms with van der Waals surface area (Å²) in [5.74, 6) is -0.0850. The van der Waals surface area contributed by atoms with Crippen LogP contribution in [0.4, 0.5) is 5.69 Å². The Labute approximate surface area is 125 Å². The first-order chi connectivity index (χ1) is 10.1. The van der Waals surface area contributed by atoms with Gasteiger partial charge >= 0.3 is 0 Å². The SMILES string of the molecule is CC(CN1CCOCC1)NC(=O)/C=C/c1cccc(N)c1. The molecule has 1 amide bonds. The van der Waals surface area contributed by atoms with Gasteiger partial charge in [-0.1, -0.05) is 12.1 Å². The summed E-state index contributed by atoms with van der Waals surface area (Å²) in [5, 5.41) is 2.97. The summed E-state index contributed by atoms with van der Waals surface area (Å²) < 4.78 is 5.31. The molecule has 0 aliphatic carbocycles. The van der Waals surface area contributed by atoms with E-state index in [1.165, 1.54) is 0 Å². The first kappa shape index (κ1) is 15.5. The Kier molecular flexibility index (Phi) is 5.78. The van der Waals surface area contributed by atoms with Gasteiger partial charge in [0.2, 0.25) is 5.91 Å². The van der Waals surface area contributed by atoms with E-state index in [0.717, 1.165) is 38.4 Å². The molecule has 1 fully saturated rings. The van der Waals surface area contributed by atoms with Crippen LogP contribution in [0.1, 0.15) is 12.5 Å². The van der Waals surface area contributed by atoms with Crippen LogP contribution in [-0.2, 0) is 9.53 Å². The number of hydrogen-bond acceptors (Lipinski definition) is 4. The molecule has 5 heteroatoms. The maximum absolute atomic E-state index is 11.9. The fourth-order valence-corrected chi connectivity index (χ4v) is 2.34. The summed E-state index contributed by atoms with van der Waals surface area (Å²) in [4.78, 5) is 14.2. The molecule has 0 saturated carbocycles. The van der Waals surface area contributed by atoms with Crippen LogP contribution >= 0.6 is 0 Å². The van der Waals surface area contributed by atoms with Crippen molar-refractivity contribution >= 4 is 17.7 Å². The number of carbonyl (C=O) groups is 1. The van der Waals surface area contributed by atoms with Gasteiger partial charge in [-0.05, 0) is 30.7 Å². The van der Waals surface area contributed by atoms with E-state index in [4.69, 9.17) is 10.5 Å². The number of hydrogen-bond donors (Lipinski definition) is 2. The smallest absolute Gasteiger partial charge is 0.244 e. The molecule has 0 aromatic heterocycles. The van der Waals surface area contributed by atoms with Crippen molar-refractivity contribution in [1.82, 2.24) is 10.2 Å². The highest BCUT2D eigenvalue weighted by Crippen LogP contribution is 2.08. The molecule has 5 nitrogen and oxygen atoms in total. The van der Waals surface area contributed by atoms with Gasteiger partial charge in [-0.2, -0.15) is 0 Å². The maximum atomic E-state index is 11.9. The van der Waals surface area contributed by atoms with Crippen LogP contribution in [0.2, 0.25) is 0 Å². The number of morpholine rings is 1. The number of nitrogens with two attached hydrogens (primary N) is 1. The number of rotatable bonds is 5. The third-order valence-corrected chi connectivity index (χ3v) is 3.36. The topological polar surface area (TPSA) is 67.6 Å². The molecule has 1 aliphatic rings. The molecular weight excluding hydrogens is 266 g/mol. The number of carbonyl (C=O) groups excluding carboxylic acids is 1. The summed E-state index contributed by atoms with van der Waals surface area (Å²) in [6, 6.07) is 7.55. The largest absolute Gasteiger partial charge is 0.399 e. The van der Waals surface area contributed by atoms with Crippen molar-refractivity contribution in [2.24, 2.45) is 0 Å². The minimum Gasteiger partial charge on any atom is -0.399 e. The maximum Gasteiger partial charge on any atom is 0.244 e. The molecule has 0 spiro atoms. The first-order valence-corrected chi connectivity index (χ1v) is 7.28. The molecular formula is C16H23N3O2. The minimum absolute atomic E-state index is 0.0850. The second kappa shape index (κ2) is 7.81. The Bertz CT molecular complexity index is 496. The van der Waals surface area contributed by atoms with Gasteiger partial charge in [0.1, 0.15) is 0 Å². The standard InChI is InChI=1S/C16H23N3O2/c1-13(12-19-7-9-21-10-8-19)18-16(20)6-5-14-3-2-4-15(17)11-14/h2-6,11,13H,7-10,12,17H2,1H3,(H,18,20)/b6-5+. The van der Waals surface area contributed by atoms with Gasteiger partial charge < -0.3 is 15.8 Å². The van der Waals surface area contributed by atoms with Crippen molar-refractivity contribution in [3.05, 3.63) is 35.9 Å². The number of anilines is 1. The van der Waals surface area contributed by atoms with Gasteiger partial charge in [-0.25, -0.2) is 0 Å². The zero-order valence-corrected chi connectivity index (χ0v) is 12.4. The number of nitrogens with zero attached hydrogens (tertiary/aromatic N) is 1. The lowest BCUT2D eigenvalue weighted by Crippen LogP contribution is -2.45. The Morgan fingerprint density at radius 3 is 2.95 bits per heavy atom. The lowest BCUT2D eigenvalue weighted by molar-refractivity contribution is -0.117. The molecule has 1 unspecified atom stereocenters. The van der Waals surface area contributed by atoms with Crippen LogP contribution in [0.5, 0.6) is 0 Å². The second-order valence-corrected chi connectivity index (χ2v) is 5.33. The van der Waals surface area contributed by atoms with E-state index in [1.54, 1.807) is 12.2 Å². The van der Waals surface area contributed by atoms with Crippen molar-refractivity contribution in [3.63, 3.8) is 0 Å². The van der Waals surface area contributed by atoms with E-state index in [0.29, 0.717) is 5.69 Å². The van der Waals surface area contributed by atoms with Crippen LogP contribution in [0, 0.1) is 0 Å². The first-order valence-electron chi connectivity index (χ1n) is 7.28. The Morgan fingerprint density at radius 2 is 2.24 bits per heavy atom. The van der Waals surface area contributed by atoms with Crippen LogP contribution in [0.3, 0.4) is 0 Å². The quantitative estimate of drug-likeness (QED) is 0.629. The van der Waals surface area contributed by atoms with Gasteiger partial charge in [-0.3, -0.25) is 9.69 Å². The highest BCUT2D eigenvalue weighted by molar-refractivity contribution is 5.92. The second-order valence-electron chi connectivity index (χ2n) is 5.33. The van der Waals surface area contributed by atoms with E-state index in [2.05, 4.69) is 10.2 Å². The third kappa shape index (κ3) is 5.57. The molecule has 114 valence electrons. The molecule has 0 radical (unpaired) electrons. The molecule has 0 bridgehead atoms. The number of nitrogen functional groups attached to an aromatic ring is 1. The van der Waals surface area contributed by atoms with Crippen LogP contribution in [0.25, 0.3) is 6.08 Å². The third-order valence-electron chi connectivity index (χ3n) is 3.36. The summed E-state index contributed by atoms with van der Waals surface area (Å²) >= 11 is 0. The highest BCUT2D eigenvalue weighted by Gasteiger charge is 2.14. The zero-order chi connectivity index (χ0) is 15.1. The van der Waals surface area contributed by atoms with E-state index in [1.807, 2.05) is 31.2 Å². The Morgan fingerprint density at radius 1 is 1.48 bits per heavy atom. The van der Waals surface area contributed by atoms with Crippen molar-refractivity contribution in [3.8, 4) is 0 Å². The van der Waals surface area contributed by atoms with Gasteiger partial charge in [0.25, 0.3) is 0 Å². The minimum atomic E-state index is -0.0850. The normalized spacial score (nSPS) is 17.8. The van der Waals surface area contributed by atoms with Crippen molar-refractivity contribution in [2.75, 3.05) is 38.6 Å². The molecule has 1 aromatic rings.